The van der Waals surface area contributed by atoms with Crippen LogP contribution in [-0.2, 0) is 0 Å². The normalized spacial score (nSPS) is 26.6. The molecule has 2 rings (SSSR count). The Morgan fingerprint density at radius 2 is 2.16 bits per heavy atom. The first kappa shape index (κ1) is 14.4. The van der Waals surface area contributed by atoms with E-state index in [1.807, 2.05) is 6.07 Å². The summed E-state index contributed by atoms with van der Waals surface area (Å²) in [5, 5.41) is 10.4. The maximum atomic E-state index is 10.4. The molecule has 1 aromatic carbocycles. The molecule has 1 aromatic rings. The van der Waals surface area contributed by atoms with Crippen molar-refractivity contribution in [3.05, 3.63) is 29.3 Å². The third kappa shape index (κ3) is 3.28. The zero-order valence-corrected chi connectivity index (χ0v) is 12.0. The number of aliphatic hydroxyl groups is 1. The van der Waals surface area contributed by atoms with Crippen molar-refractivity contribution in [1.82, 2.24) is 0 Å². The minimum Gasteiger partial charge on any atom is -0.494 e. The first-order chi connectivity index (χ1) is 9.05. The maximum Gasteiger partial charge on any atom is 0.119 e. The summed E-state index contributed by atoms with van der Waals surface area (Å²) in [5.41, 5.74) is 7.55. The lowest BCUT2D eigenvalue weighted by Gasteiger charge is -2.28. The molecule has 0 spiro atoms. The summed E-state index contributed by atoms with van der Waals surface area (Å²) in [5.74, 6) is 1.20. The summed E-state index contributed by atoms with van der Waals surface area (Å²) in [6, 6.07) is 6.15. The summed E-state index contributed by atoms with van der Waals surface area (Å²) < 4.78 is 5.79. The summed E-state index contributed by atoms with van der Waals surface area (Å²) in [7, 11) is 0. The maximum absolute atomic E-state index is 10.4. The second-order valence-corrected chi connectivity index (χ2v) is 5.78. The van der Waals surface area contributed by atoms with Crippen LogP contribution in [0.5, 0.6) is 5.75 Å². The Kier molecular flexibility index (Phi) is 4.48. The SMILES string of the molecule is Cc1ccc(OCCC2CCCC2(O)CN)cc1C. The Bertz CT molecular complexity index is 433. The van der Waals surface area contributed by atoms with Crippen LogP contribution in [0.4, 0.5) is 0 Å². The Balaban J connectivity index is 1.85. The molecule has 19 heavy (non-hydrogen) atoms. The van der Waals surface area contributed by atoms with Gasteiger partial charge < -0.3 is 15.6 Å². The Labute approximate surface area is 115 Å². The molecule has 0 aliphatic heterocycles. The summed E-state index contributed by atoms with van der Waals surface area (Å²) in [4.78, 5) is 0. The molecule has 2 unspecified atom stereocenters. The second kappa shape index (κ2) is 5.93. The highest BCUT2D eigenvalue weighted by Gasteiger charge is 2.39. The van der Waals surface area contributed by atoms with Gasteiger partial charge in [-0.2, -0.15) is 0 Å². The molecule has 106 valence electrons. The van der Waals surface area contributed by atoms with Crippen LogP contribution in [0.25, 0.3) is 0 Å². The van der Waals surface area contributed by atoms with E-state index in [1.165, 1.54) is 11.1 Å². The van der Waals surface area contributed by atoms with E-state index in [-0.39, 0.29) is 5.92 Å². The third-order valence-electron chi connectivity index (χ3n) is 4.49. The molecule has 1 saturated carbocycles. The zero-order chi connectivity index (χ0) is 13.9. The lowest BCUT2D eigenvalue weighted by atomic mass is 9.88. The van der Waals surface area contributed by atoms with Crippen LogP contribution in [0.1, 0.15) is 36.8 Å². The Hall–Kier alpha value is -1.06. The van der Waals surface area contributed by atoms with E-state index in [1.54, 1.807) is 0 Å². The van der Waals surface area contributed by atoms with Crippen molar-refractivity contribution in [2.45, 2.75) is 45.1 Å². The molecule has 0 saturated heterocycles. The molecule has 1 fully saturated rings. The highest BCUT2D eigenvalue weighted by molar-refractivity contribution is 5.33. The number of hydrogen-bond acceptors (Lipinski definition) is 3. The van der Waals surface area contributed by atoms with E-state index in [4.69, 9.17) is 10.5 Å². The monoisotopic (exact) mass is 263 g/mol. The number of benzene rings is 1. The fraction of sp³-hybridized carbons (Fsp3) is 0.625. The van der Waals surface area contributed by atoms with Crippen molar-refractivity contribution in [2.75, 3.05) is 13.2 Å². The van der Waals surface area contributed by atoms with E-state index in [0.29, 0.717) is 13.2 Å². The van der Waals surface area contributed by atoms with Crippen molar-refractivity contribution >= 4 is 0 Å². The number of rotatable bonds is 5. The van der Waals surface area contributed by atoms with Gasteiger partial charge in [0.15, 0.2) is 0 Å². The molecule has 0 bridgehead atoms. The minimum atomic E-state index is -0.660. The van der Waals surface area contributed by atoms with Crippen LogP contribution in [0, 0.1) is 19.8 Å². The van der Waals surface area contributed by atoms with Crippen LogP contribution >= 0.6 is 0 Å². The van der Waals surface area contributed by atoms with Gasteiger partial charge in [0, 0.05) is 6.54 Å². The van der Waals surface area contributed by atoms with E-state index in [2.05, 4.69) is 26.0 Å². The van der Waals surface area contributed by atoms with Gasteiger partial charge in [-0.3, -0.25) is 0 Å². The first-order valence-corrected chi connectivity index (χ1v) is 7.17. The molecule has 3 nitrogen and oxygen atoms in total. The van der Waals surface area contributed by atoms with Gasteiger partial charge >= 0.3 is 0 Å². The van der Waals surface area contributed by atoms with Crippen LogP contribution < -0.4 is 10.5 Å². The van der Waals surface area contributed by atoms with Gasteiger partial charge in [0.2, 0.25) is 0 Å². The van der Waals surface area contributed by atoms with Gasteiger partial charge in [0.05, 0.1) is 12.2 Å². The van der Waals surface area contributed by atoms with Gasteiger partial charge in [0.1, 0.15) is 5.75 Å². The molecule has 0 amide bonds. The highest BCUT2D eigenvalue weighted by Crippen LogP contribution is 2.37. The predicted molar refractivity (Wildman–Crippen MR) is 77.4 cm³/mol. The van der Waals surface area contributed by atoms with Gasteiger partial charge in [-0.15, -0.1) is 0 Å². The van der Waals surface area contributed by atoms with Gasteiger partial charge in [-0.25, -0.2) is 0 Å². The third-order valence-corrected chi connectivity index (χ3v) is 4.49. The first-order valence-electron chi connectivity index (χ1n) is 7.17. The van der Waals surface area contributed by atoms with Crippen LogP contribution in [0.15, 0.2) is 18.2 Å². The van der Waals surface area contributed by atoms with Crippen molar-refractivity contribution in [1.29, 1.82) is 0 Å². The molecule has 1 aliphatic rings. The average molecular weight is 263 g/mol. The molecule has 0 radical (unpaired) electrons. The number of aryl methyl sites for hydroxylation is 2. The lowest BCUT2D eigenvalue weighted by Crippen LogP contribution is -2.41. The largest absolute Gasteiger partial charge is 0.494 e. The molecule has 0 aromatic heterocycles. The van der Waals surface area contributed by atoms with Crippen molar-refractivity contribution in [3.63, 3.8) is 0 Å². The molecule has 1 aliphatic carbocycles. The number of hydrogen-bond donors (Lipinski definition) is 2. The van der Waals surface area contributed by atoms with Crippen LogP contribution in [0.3, 0.4) is 0 Å². The topological polar surface area (TPSA) is 55.5 Å². The summed E-state index contributed by atoms with van der Waals surface area (Å²) >= 11 is 0. The molecule has 3 N–H and O–H groups in total. The van der Waals surface area contributed by atoms with Gasteiger partial charge in [-0.05, 0) is 62.3 Å². The smallest absolute Gasteiger partial charge is 0.119 e. The molecule has 3 heteroatoms. The Morgan fingerprint density at radius 1 is 1.37 bits per heavy atom. The average Bonchev–Trinajstić information content (AvgIpc) is 2.76. The lowest BCUT2D eigenvalue weighted by molar-refractivity contribution is 0.00355. The molecular weight excluding hydrogens is 238 g/mol. The fourth-order valence-electron chi connectivity index (χ4n) is 2.93. The molecular formula is C16H25NO2. The van der Waals surface area contributed by atoms with E-state index < -0.39 is 5.60 Å². The van der Waals surface area contributed by atoms with Crippen molar-refractivity contribution < 1.29 is 9.84 Å². The zero-order valence-electron chi connectivity index (χ0n) is 12.0. The summed E-state index contributed by atoms with van der Waals surface area (Å²) in [6.45, 7) is 5.20. The van der Waals surface area contributed by atoms with Gasteiger partial charge in [-0.1, -0.05) is 12.5 Å². The minimum absolute atomic E-state index is 0.282. The Morgan fingerprint density at radius 3 is 2.84 bits per heavy atom. The van der Waals surface area contributed by atoms with Crippen molar-refractivity contribution in [3.8, 4) is 5.75 Å². The van der Waals surface area contributed by atoms with E-state index in [9.17, 15) is 5.11 Å². The van der Waals surface area contributed by atoms with E-state index >= 15 is 0 Å². The fourth-order valence-corrected chi connectivity index (χ4v) is 2.93. The molecule has 0 heterocycles. The second-order valence-electron chi connectivity index (χ2n) is 5.78. The van der Waals surface area contributed by atoms with Gasteiger partial charge in [0.25, 0.3) is 0 Å². The number of nitrogens with two attached hydrogens (primary N) is 1. The van der Waals surface area contributed by atoms with E-state index in [0.717, 1.165) is 31.4 Å². The highest BCUT2D eigenvalue weighted by atomic mass is 16.5. The standard InChI is InChI=1S/C16H25NO2/c1-12-5-6-15(10-13(12)2)19-9-7-14-4-3-8-16(14,18)11-17/h5-6,10,14,18H,3-4,7-9,11,17H2,1-2H3. The predicted octanol–water partition coefficient (Wildman–Crippen LogP) is 2.56. The van der Waals surface area contributed by atoms with Crippen LogP contribution in [-0.4, -0.2) is 23.9 Å². The van der Waals surface area contributed by atoms with Crippen LogP contribution in [0.2, 0.25) is 0 Å². The quantitative estimate of drug-likeness (QED) is 0.858. The molecule has 2 atom stereocenters. The van der Waals surface area contributed by atoms with Crippen molar-refractivity contribution in [2.24, 2.45) is 11.7 Å². The number of ether oxygens (including phenoxy) is 1. The summed E-state index contributed by atoms with van der Waals surface area (Å²) in [6.07, 6.45) is 3.84.